The van der Waals surface area contributed by atoms with E-state index in [2.05, 4.69) is 18.7 Å². The molecule has 4 nitrogen and oxygen atoms in total. The minimum atomic E-state index is -0.186. The molecule has 0 N–H and O–H groups in total. The van der Waals surface area contributed by atoms with Gasteiger partial charge in [-0.15, -0.1) is 0 Å². The van der Waals surface area contributed by atoms with Gasteiger partial charge in [-0.2, -0.15) is 0 Å². The predicted octanol–water partition coefficient (Wildman–Crippen LogP) is 2.25. The van der Waals surface area contributed by atoms with Crippen molar-refractivity contribution in [3.8, 4) is 0 Å². The minimum Gasteiger partial charge on any atom is -0.338 e. The Bertz CT molecular complexity index is 527. The fraction of sp³-hybridized carbons (Fsp3) is 0.444. The van der Waals surface area contributed by atoms with Gasteiger partial charge in [0.25, 0.3) is 0 Å². The van der Waals surface area contributed by atoms with E-state index in [4.69, 9.17) is 0 Å². The number of hydrogen-bond donors (Lipinski definition) is 0. The maximum atomic E-state index is 12.5. The van der Waals surface area contributed by atoms with Gasteiger partial charge in [-0.05, 0) is 37.8 Å². The molecule has 2 rings (SSSR count). The number of nitrogens with zero attached hydrogens (tertiary/aromatic N) is 2. The number of rotatable bonds is 6. The molecule has 0 saturated carbocycles. The Labute approximate surface area is 132 Å². The standard InChI is InChI=1S/C18H24N2O2/c1-3-17(21)19(4-2)14-18(22)20-12-8-11-16(20)13-15-9-6-5-7-10-15/h3,5-7,9-10,16H,1,4,8,11-14H2,2H3. The molecule has 0 spiro atoms. The first kappa shape index (κ1) is 16.3. The van der Waals surface area contributed by atoms with E-state index in [1.54, 1.807) is 0 Å². The molecule has 0 aliphatic carbocycles. The highest BCUT2D eigenvalue weighted by molar-refractivity contribution is 5.91. The second-order valence-electron chi connectivity index (χ2n) is 5.63. The van der Waals surface area contributed by atoms with Crippen molar-refractivity contribution in [2.24, 2.45) is 0 Å². The second kappa shape index (κ2) is 7.78. The van der Waals surface area contributed by atoms with Crippen LogP contribution in [0.4, 0.5) is 0 Å². The summed E-state index contributed by atoms with van der Waals surface area (Å²) in [4.78, 5) is 27.7. The van der Waals surface area contributed by atoms with Gasteiger partial charge in [-0.1, -0.05) is 36.9 Å². The topological polar surface area (TPSA) is 40.6 Å². The molecule has 1 saturated heterocycles. The predicted molar refractivity (Wildman–Crippen MR) is 87.3 cm³/mol. The smallest absolute Gasteiger partial charge is 0.246 e. The lowest BCUT2D eigenvalue weighted by Gasteiger charge is -2.28. The van der Waals surface area contributed by atoms with Gasteiger partial charge < -0.3 is 9.80 Å². The normalized spacial score (nSPS) is 17.3. The van der Waals surface area contributed by atoms with Gasteiger partial charge in [0.2, 0.25) is 11.8 Å². The molecule has 22 heavy (non-hydrogen) atoms. The van der Waals surface area contributed by atoms with Crippen molar-refractivity contribution in [1.29, 1.82) is 0 Å². The highest BCUT2D eigenvalue weighted by Gasteiger charge is 2.29. The summed E-state index contributed by atoms with van der Waals surface area (Å²) < 4.78 is 0. The van der Waals surface area contributed by atoms with E-state index in [0.29, 0.717) is 6.54 Å². The summed E-state index contributed by atoms with van der Waals surface area (Å²) in [6.07, 6.45) is 4.21. The van der Waals surface area contributed by atoms with Crippen molar-refractivity contribution in [2.45, 2.75) is 32.2 Å². The molecule has 0 aromatic heterocycles. The molecule has 1 atom stereocenters. The van der Waals surface area contributed by atoms with Gasteiger partial charge in [0, 0.05) is 19.1 Å². The van der Waals surface area contributed by atoms with E-state index in [9.17, 15) is 9.59 Å². The molecule has 118 valence electrons. The average molecular weight is 300 g/mol. The Morgan fingerprint density at radius 1 is 1.36 bits per heavy atom. The minimum absolute atomic E-state index is 0.0375. The number of carbonyl (C=O) groups is 2. The van der Waals surface area contributed by atoms with Crippen LogP contribution in [-0.4, -0.2) is 47.3 Å². The van der Waals surface area contributed by atoms with Crippen LogP contribution in [0.25, 0.3) is 0 Å². The number of benzene rings is 1. The summed E-state index contributed by atoms with van der Waals surface area (Å²) in [5, 5.41) is 0. The van der Waals surface area contributed by atoms with Crippen molar-refractivity contribution in [2.75, 3.05) is 19.6 Å². The zero-order valence-corrected chi connectivity index (χ0v) is 13.2. The lowest BCUT2D eigenvalue weighted by molar-refractivity contribution is -0.138. The molecular weight excluding hydrogens is 276 g/mol. The molecule has 0 radical (unpaired) electrons. The van der Waals surface area contributed by atoms with Crippen LogP contribution in [0.1, 0.15) is 25.3 Å². The third-order valence-electron chi connectivity index (χ3n) is 4.21. The highest BCUT2D eigenvalue weighted by Crippen LogP contribution is 2.21. The quantitative estimate of drug-likeness (QED) is 0.756. The molecule has 0 bridgehead atoms. The third kappa shape index (κ3) is 3.97. The Hall–Kier alpha value is -2.10. The SMILES string of the molecule is C=CC(=O)N(CC)CC(=O)N1CCCC1Cc1ccccc1. The van der Waals surface area contributed by atoms with E-state index in [1.165, 1.54) is 16.5 Å². The van der Waals surface area contributed by atoms with Crippen LogP contribution in [0.5, 0.6) is 0 Å². The Morgan fingerprint density at radius 2 is 2.09 bits per heavy atom. The molecule has 1 fully saturated rings. The van der Waals surface area contributed by atoms with Gasteiger partial charge in [0.15, 0.2) is 0 Å². The number of carbonyl (C=O) groups excluding carboxylic acids is 2. The van der Waals surface area contributed by atoms with Crippen molar-refractivity contribution in [1.82, 2.24) is 9.80 Å². The highest BCUT2D eigenvalue weighted by atomic mass is 16.2. The van der Waals surface area contributed by atoms with Crippen LogP contribution in [0.2, 0.25) is 0 Å². The van der Waals surface area contributed by atoms with Gasteiger partial charge >= 0.3 is 0 Å². The van der Waals surface area contributed by atoms with Crippen molar-refractivity contribution in [3.63, 3.8) is 0 Å². The lowest BCUT2D eigenvalue weighted by Crippen LogP contribution is -2.44. The molecule has 2 amide bonds. The van der Waals surface area contributed by atoms with Gasteiger partial charge in [-0.25, -0.2) is 0 Å². The molecule has 1 unspecified atom stereocenters. The van der Waals surface area contributed by atoms with Gasteiger partial charge in [0.05, 0.1) is 0 Å². The first-order valence-corrected chi connectivity index (χ1v) is 7.90. The lowest BCUT2D eigenvalue weighted by atomic mass is 10.0. The van der Waals surface area contributed by atoms with Crippen LogP contribution in [-0.2, 0) is 16.0 Å². The number of amides is 2. The number of likely N-dealkylation sites (N-methyl/N-ethyl adjacent to an activating group) is 1. The third-order valence-corrected chi connectivity index (χ3v) is 4.21. The zero-order chi connectivity index (χ0) is 15.9. The summed E-state index contributed by atoms with van der Waals surface area (Å²) in [7, 11) is 0. The summed E-state index contributed by atoms with van der Waals surface area (Å²) in [6.45, 7) is 6.82. The maximum absolute atomic E-state index is 12.5. The van der Waals surface area contributed by atoms with Crippen LogP contribution < -0.4 is 0 Å². The molecule has 1 aromatic carbocycles. The fourth-order valence-electron chi connectivity index (χ4n) is 2.99. The van der Waals surface area contributed by atoms with E-state index in [0.717, 1.165) is 25.8 Å². The Morgan fingerprint density at radius 3 is 2.73 bits per heavy atom. The molecular formula is C18H24N2O2. The molecule has 1 aromatic rings. The van der Waals surface area contributed by atoms with E-state index in [-0.39, 0.29) is 24.4 Å². The second-order valence-corrected chi connectivity index (χ2v) is 5.63. The van der Waals surface area contributed by atoms with E-state index in [1.807, 2.05) is 30.0 Å². The van der Waals surface area contributed by atoms with E-state index < -0.39 is 0 Å². The van der Waals surface area contributed by atoms with Crippen LogP contribution in [0.15, 0.2) is 43.0 Å². The average Bonchev–Trinajstić information content (AvgIpc) is 3.00. The summed E-state index contributed by atoms with van der Waals surface area (Å²) in [5.41, 5.74) is 1.25. The van der Waals surface area contributed by atoms with Crippen LogP contribution >= 0.6 is 0 Å². The van der Waals surface area contributed by atoms with Gasteiger partial charge in [-0.3, -0.25) is 9.59 Å². The van der Waals surface area contributed by atoms with E-state index >= 15 is 0 Å². The molecule has 4 heteroatoms. The number of likely N-dealkylation sites (tertiary alicyclic amines) is 1. The number of hydrogen-bond acceptors (Lipinski definition) is 2. The van der Waals surface area contributed by atoms with Crippen molar-refractivity contribution >= 4 is 11.8 Å². The summed E-state index contributed by atoms with van der Waals surface area (Å²) >= 11 is 0. The van der Waals surface area contributed by atoms with Crippen molar-refractivity contribution < 1.29 is 9.59 Å². The monoisotopic (exact) mass is 300 g/mol. The van der Waals surface area contributed by atoms with Gasteiger partial charge in [0.1, 0.15) is 6.54 Å². The Balaban J connectivity index is 1.98. The fourth-order valence-corrected chi connectivity index (χ4v) is 2.99. The molecule has 1 aliphatic heterocycles. The summed E-state index contributed by atoms with van der Waals surface area (Å²) in [5.74, 6) is -0.148. The largest absolute Gasteiger partial charge is 0.338 e. The van der Waals surface area contributed by atoms with Crippen LogP contribution in [0.3, 0.4) is 0 Å². The molecule has 1 aliphatic rings. The summed E-state index contributed by atoms with van der Waals surface area (Å²) in [6, 6.07) is 10.5. The maximum Gasteiger partial charge on any atom is 0.246 e. The Kier molecular flexibility index (Phi) is 5.75. The first-order valence-electron chi connectivity index (χ1n) is 7.90. The zero-order valence-electron chi connectivity index (χ0n) is 13.2. The van der Waals surface area contributed by atoms with Crippen LogP contribution in [0, 0.1) is 0 Å². The molecule has 1 heterocycles. The first-order chi connectivity index (χ1) is 10.7. The van der Waals surface area contributed by atoms with Crippen molar-refractivity contribution in [3.05, 3.63) is 48.6 Å².